The predicted octanol–water partition coefficient (Wildman–Crippen LogP) is 3.49. The van der Waals surface area contributed by atoms with Crippen molar-refractivity contribution in [1.82, 2.24) is 25.0 Å². The number of carbonyl (C=O) groups excluding carboxylic acids is 1. The standard InChI is InChI=1S/C23H19N5O3S/c1-28-20-3-2-4-22(19(20)14-26-28)32(30,31)18-8-5-15(6-9-18)7-10-21(29)16-11-17-13-25-27-23(17)24-12-16/h2-6,8-9,11-14H,7,10H2,1H3,(H,24,25,27). The molecule has 0 aliphatic heterocycles. The molecule has 3 aromatic heterocycles. The zero-order chi connectivity index (χ0) is 22.3. The van der Waals surface area contributed by atoms with Crippen LogP contribution in [0.3, 0.4) is 0 Å². The molecule has 9 heteroatoms. The number of nitrogens with one attached hydrogen (secondary N) is 1. The highest BCUT2D eigenvalue weighted by Gasteiger charge is 2.21. The molecule has 0 saturated carbocycles. The number of benzene rings is 2. The number of H-pyrrole nitrogens is 1. The Hall–Kier alpha value is -3.85. The average Bonchev–Trinajstić information content (AvgIpc) is 3.43. The molecule has 8 nitrogen and oxygen atoms in total. The number of hydrogen-bond acceptors (Lipinski definition) is 6. The lowest BCUT2D eigenvalue weighted by Gasteiger charge is -2.08. The molecular formula is C23H19N5O3S. The second-order valence-electron chi connectivity index (χ2n) is 7.56. The Labute approximate surface area is 183 Å². The molecule has 32 heavy (non-hydrogen) atoms. The summed E-state index contributed by atoms with van der Waals surface area (Å²) in [6.07, 6.45) is 5.53. The van der Waals surface area contributed by atoms with Crippen LogP contribution in [-0.4, -0.2) is 39.2 Å². The van der Waals surface area contributed by atoms with Crippen LogP contribution in [0.2, 0.25) is 0 Å². The fraction of sp³-hybridized carbons (Fsp3) is 0.130. The maximum absolute atomic E-state index is 13.2. The molecule has 3 heterocycles. The highest BCUT2D eigenvalue weighted by Crippen LogP contribution is 2.28. The van der Waals surface area contributed by atoms with Gasteiger partial charge in [0.1, 0.15) is 0 Å². The number of aromatic nitrogens is 5. The summed E-state index contributed by atoms with van der Waals surface area (Å²) in [6.45, 7) is 0. The van der Waals surface area contributed by atoms with Crippen molar-refractivity contribution in [3.63, 3.8) is 0 Å². The maximum Gasteiger partial charge on any atom is 0.207 e. The van der Waals surface area contributed by atoms with E-state index >= 15 is 0 Å². The monoisotopic (exact) mass is 445 g/mol. The zero-order valence-electron chi connectivity index (χ0n) is 17.2. The van der Waals surface area contributed by atoms with Crippen LogP contribution >= 0.6 is 0 Å². The fourth-order valence-corrected chi connectivity index (χ4v) is 5.19. The maximum atomic E-state index is 13.2. The minimum Gasteiger partial charge on any atom is -0.294 e. The number of aromatic amines is 1. The molecule has 5 aromatic rings. The van der Waals surface area contributed by atoms with Crippen LogP contribution in [0.15, 0.2) is 76.9 Å². The van der Waals surface area contributed by atoms with Gasteiger partial charge in [0.05, 0.1) is 27.7 Å². The first-order valence-electron chi connectivity index (χ1n) is 10.0. The number of hydrogen-bond donors (Lipinski definition) is 1. The van der Waals surface area contributed by atoms with Crippen molar-refractivity contribution in [2.24, 2.45) is 7.05 Å². The van der Waals surface area contributed by atoms with Crippen molar-refractivity contribution in [2.75, 3.05) is 0 Å². The molecule has 0 aliphatic rings. The van der Waals surface area contributed by atoms with E-state index in [1.54, 1.807) is 66.6 Å². The second-order valence-corrected chi connectivity index (χ2v) is 9.48. The van der Waals surface area contributed by atoms with Crippen LogP contribution in [0.5, 0.6) is 0 Å². The summed E-state index contributed by atoms with van der Waals surface area (Å²) in [5.41, 5.74) is 2.81. The number of nitrogens with zero attached hydrogens (tertiary/aromatic N) is 4. The molecule has 0 bridgehead atoms. The van der Waals surface area contributed by atoms with E-state index in [1.165, 1.54) is 6.20 Å². The van der Waals surface area contributed by atoms with Gasteiger partial charge in [0.15, 0.2) is 11.4 Å². The number of aryl methyl sites for hydroxylation is 2. The topological polar surface area (TPSA) is 111 Å². The second kappa shape index (κ2) is 7.69. The molecular weight excluding hydrogens is 426 g/mol. The van der Waals surface area contributed by atoms with Gasteiger partial charge < -0.3 is 0 Å². The normalized spacial score (nSPS) is 11.9. The lowest BCUT2D eigenvalue weighted by Crippen LogP contribution is -2.04. The van der Waals surface area contributed by atoms with E-state index in [9.17, 15) is 13.2 Å². The Bertz CT molecular complexity index is 1570. The van der Waals surface area contributed by atoms with Gasteiger partial charge in [-0.05, 0) is 42.3 Å². The van der Waals surface area contributed by atoms with Crippen molar-refractivity contribution < 1.29 is 13.2 Å². The van der Waals surface area contributed by atoms with Crippen molar-refractivity contribution in [1.29, 1.82) is 0 Å². The van der Waals surface area contributed by atoms with Crippen molar-refractivity contribution in [3.05, 3.63) is 78.2 Å². The minimum absolute atomic E-state index is 0.0273. The van der Waals surface area contributed by atoms with Gasteiger partial charge in [-0.3, -0.25) is 14.6 Å². The number of carbonyl (C=O) groups is 1. The van der Waals surface area contributed by atoms with Crippen LogP contribution in [-0.2, 0) is 23.3 Å². The van der Waals surface area contributed by atoms with E-state index in [-0.39, 0.29) is 15.6 Å². The Balaban J connectivity index is 1.33. The summed E-state index contributed by atoms with van der Waals surface area (Å²) in [4.78, 5) is 17.2. The molecule has 5 rings (SSSR count). The SMILES string of the molecule is Cn1ncc2c(S(=O)(=O)c3ccc(CCC(=O)c4cnc5[nH]ncc5c4)cc3)cccc21. The summed E-state index contributed by atoms with van der Waals surface area (Å²) >= 11 is 0. The summed E-state index contributed by atoms with van der Waals surface area (Å²) in [5, 5.41) is 12.2. The number of Topliss-reactive ketones (excluding diaryl/α,β-unsaturated/α-hetero) is 1. The van der Waals surface area contributed by atoms with Gasteiger partial charge in [0.25, 0.3) is 0 Å². The van der Waals surface area contributed by atoms with Crippen LogP contribution < -0.4 is 0 Å². The molecule has 0 aliphatic carbocycles. The van der Waals surface area contributed by atoms with Gasteiger partial charge in [-0.1, -0.05) is 18.2 Å². The molecule has 0 unspecified atom stereocenters. The molecule has 0 radical (unpaired) electrons. The van der Waals surface area contributed by atoms with Crippen molar-refractivity contribution in [3.8, 4) is 0 Å². The fourth-order valence-electron chi connectivity index (χ4n) is 3.74. The summed E-state index contributed by atoms with van der Waals surface area (Å²) < 4.78 is 28.0. The van der Waals surface area contributed by atoms with Gasteiger partial charge in [-0.2, -0.15) is 10.2 Å². The molecule has 0 atom stereocenters. The quantitative estimate of drug-likeness (QED) is 0.401. The van der Waals surface area contributed by atoms with Crippen LogP contribution in [0.1, 0.15) is 22.3 Å². The number of pyridine rings is 1. The number of fused-ring (bicyclic) bond motifs is 2. The zero-order valence-corrected chi connectivity index (χ0v) is 18.0. The number of rotatable bonds is 6. The minimum atomic E-state index is -3.70. The molecule has 0 spiro atoms. The van der Waals surface area contributed by atoms with Crippen LogP contribution in [0.25, 0.3) is 21.9 Å². The molecule has 0 amide bonds. The summed E-state index contributed by atoms with van der Waals surface area (Å²) in [6, 6.07) is 13.6. The van der Waals surface area contributed by atoms with E-state index in [4.69, 9.17) is 0 Å². The van der Waals surface area contributed by atoms with E-state index in [0.29, 0.717) is 29.4 Å². The molecule has 0 saturated heterocycles. The highest BCUT2D eigenvalue weighted by molar-refractivity contribution is 7.91. The molecule has 0 fully saturated rings. The van der Waals surface area contributed by atoms with Gasteiger partial charge in [0.2, 0.25) is 9.84 Å². The predicted molar refractivity (Wildman–Crippen MR) is 119 cm³/mol. The third-order valence-electron chi connectivity index (χ3n) is 5.53. The Morgan fingerprint density at radius 2 is 1.88 bits per heavy atom. The average molecular weight is 446 g/mol. The van der Waals surface area contributed by atoms with Gasteiger partial charge in [0, 0.05) is 36.0 Å². The van der Waals surface area contributed by atoms with Crippen molar-refractivity contribution in [2.45, 2.75) is 22.6 Å². The van der Waals surface area contributed by atoms with E-state index in [1.807, 2.05) is 6.07 Å². The van der Waals surface area contributed by atoms with Crippen molar-refractivity contribution >= 4 is 37.6 Å². The van der Waals surface area contributed by atoms with Gasteiger partial charge in [-0.25, -0.2) is 13.4 Å². The molecule has 160 valence electrons. The van der Waals surface area contributed by atoms with Gasteiger partial charge in [-0.15, -0.1) is 0 Å². The lowest BCUT2D eigenvalue weighted by atomic mass is 10.0. The smallest absolute Gasteiger partial charge is 0.207 e. The molecule has 2 aromatic carbocycles. The van der Waals surface area contributed by atoms with Gasteiger partial charge >= 0.3 is 0 Å². The van der Waals surface area contributed by atoms with E-state index in [0.717, 1.165) is 16.5 Å². The third-order valence-corrected chi connectivity index (χ3v) is 7.36. The molecule has 1 N–H and O–H groups in total. The third kappa shape index (κ3) is 3.46. The largest absolute Gasteiger partial charge is 0.294 e. The number of sulfone groups is 1. The van der Waals surface area contributed by atoms with Crippen LogP contribution in [0.4, 0.5) is 0 Å². The Kier molecular flexibility index (Phi) is 4.82. The van der Waals surface area contributed by atoms with E-state index in [2.05, 4.69) is 20.3 Å². The lowest BCUT2D eigenvalue weighted by molar-refractivity contribution is 0.0982. The Morgan fingerprint density at radius 3 is 2.69 bits per heavy atom. The first kappa shape index (κ1) is 20.1. The Morgan fingerprint density at radius 1 is 1.06 bits per heavy atom. The summed E-state index contributed by atoms with van der Waals surface area (Å²) in [5.74, 6) is -0.0273. The first-order chi connectivity index (χ1) is 15.4. The first-order valence-corrected chi connectivity index (χ1v) is 11.5. The van der Waals surface area contributed by atoms with E-state index < -0.39 is 9.84 Å². The number of ketones is 1. The van der Waals surface area contributed by atoms with Crippen LogP contribution in [0, 0.1) is 0 Å². The highest BCUT2D eigenvalue weighted by atomic mass is 32.2. The summed E-state index contributed by atoms with van der Waals surface area (Å²) in [7, 11) is -1.92.